The number of carbonyl (C=O) groups excluding carboxylic acids is 2. The molecule has 0 aliphatic carbocycles. The minimum atomic E-state index is -3.69. The van der Waals surface area contributed by atoms with Crippen LogP contribution in [0.5, 0.6) is 0 Å². The summed E-state index contributed by atoms with van der Waals surface area (Å²) in [5.41, 5.74) is 0.383. The van der Waals surface area contributed by atoms with Crippen molar-refractivity contribution in [2.45, 2.75) is 24.4 Å². The molecule has 0 bridgehead atoms. The van der Waals surface area contributed by atoms with Gasteiger partial charge in [0.2, 0.25) is 0 Å². The molecule has 10 heteroatoms. The van der Waals surface area contributed by atoms with Gasteiger partial charge in [0.05, 0.1) is 17.7 Å². The summed E-state index contributed by atoms with van der Waals surface area (Å²) >= 11 is 0. The summed E-state index contributed by atoms with van der Waals surface area (Å²) < 4.78 is 36.4. The zero-order chi connectivity index (χ0) is 19.4. The maximum Gasteiger partial charge on any atom is 0.331 e. The van der Waals surface area contributed by atoms with Gasteiger partial charge in [-0.25, -0.2) is 13.2 Å². The second-order valence-electron chi connectivity index (χ2n) is 5.72. The van der Waals surface area contributed by atoms with Crippen molar-refractivity contribution in [2.24, 2.45) is 4.99 Å². The molecule has 1 atom stereocenters. The number of sulfonamides is 1. The predicted molar refractivity (Wildman–Crippen MR) is 94.3 cm³/mol. The maximum atomic E-state index is 12.0. The van der Waals surface area contributed by atoms with Crippen LogP contribution in [0.15, 0.2) is 57.0 Å². The lowest BCUT2D eigenvalue weighted by Gasteiger charge is -2.09. The first-order valence-electron chi connectivity index (χ1n) is 8.02. The monoisotopic (exact) mass is 391 g/mol. The van der Waals surface area contributed by atoms with Gasteiger partial charge in [0, 0.05) is 5.56 Å². The third-order valence-corrected chi connectivity index (χ3v) is 5.11. The topological polar surface area (TPSA) is 127 Å². The SMILES string of the molecule is C[C@H](N=C1NS(=O)(=O)c2ccccc21)C(=O)OCC(=O)NCc1ccco1. The van der Waals surface area contributed by atoms with E-state index in [4.69, 9.17) is 9.15 Å². The molecule has 0 saturated heterocycles. The standard InChI is InChI=1S/C17H17N3O6S/c1-11(17(22)26-10-15(21)18-9-12-5-4-8-25-12)19-16-13-6-2-3-7-14(13)27(23,24)20-16/h2-8,11H,9-10H2,1H3,(H,18,21)(H,19,20)/t11-/m0/s1. The van der Waals surface area contributed by atoms with Gasteiger partial charge in [-0.1, -0.05) is 12.1 Å². The first-order chi connectivity index (χ1) is 12.9. The summed E-state index contributed by atoms with van der Waals surface area (Å²) in [6, 6.07) is 8.71. The number of furan rings is 1. The van der Waals surface area contributed by atoms with Gasteiger partial charge >= 0.3 is 5.97 Å². The second kappa shape index (κ2) is 7.62. The van der Waals surface area contributed by atoms with Gasteiger partial charge in [-0.15, -0.1) is 0 Å². The average Bonchev–Trinajstić information content (AvgIpc) is 3.25. The van der Waals surface area contributed by atoms with Crippen LogP contribution >= 0.6 is 0 Å². The molecule has 9 nitrogen and oxygen atoms in total. The Bertz CT molecular complexity index is 982. The van der Waals surface area contributed by atoms with Crippen LogP contribution in [0.4, 0.5) is 0 Å². The van der Waals surface area contributed by atoms with E-state index in [2.05, 4.69) is 15.0 Å². The second-order valence-corrected chi connectivity index (χ2v) is 7.37. The lowest BCUT2D eigenvalue weighted by atomic mass is 10.2. The molecule has 2 aromatic rings. The van der Waals surface area contributed by atoms with E-state index in [1.807, 2.05) is 0 Å². The number of amides is 1. The molecule has 2 N–H and O–H groups in total. The fourth-order valence-electron chi connectivity index (χ4n) is 2.38. The zero-order valence-corrected chi connectivity index (χ0v) is 15.2. The number of esters is 1. The fraction of sp³-hybridized carbons (Fsp3) is 0.235. The highest BCUT2D eigenvalue weighted by Gasteiger charge is 2.31. The van der Waals surface area contributed by atoms with Crippen LogP contribution in [-0.4, -0.2) is 38.8 Å². The Hall–Kier alpha value is -3.14. The van der Waals surface area contributed by atoms with E-state index in [0.29, 0.717) is 11.3 Å². The van der Waals surface area contributed by atoms with Gasteiger partial charge in [0.15, 0.2) is 6.61 Å². The molecule has 0 fully saturated rings. The first-order valence-corrected chi connectivity index (χ1v) is 9.51. The molecule has 1 aliphatic rings. The predicted octanol–water partition coefficient (Wildman–Crippen LogP) is 0.566. The molecule has 1 aromatic carbocycles. The van der Waals surface area contributed by atoms with Crippen molar-refractivity contribution < 1.29 is 27.2 Å². The number of aliphatic imine (C=N–C) groups is 1. The smallest absolute Gasteiger partial charge is 0.331 e. The molecule has 1 aromatic heterocycles. The van der Waals surface area contributed by atoms with Crippen LogP contribution in [-0.2, 0) is 30.9 Å². The van der Waals surface area contributed by atoms with E-state index in [1.54, 1.807) is 30.3 Å². The van der Waals surface area contributed by atoms with Crippen LogP contribution in [0.2, 0.25) is 0 Å². The Morgan fingerprint density at radius 3 is 2.78 bits per heavy atom. The van der Waals surface area contributed by atoms with Gasteiger partial charge in [-0.05, 0) is 31.2 Å². The maximum absolute atomic E-state index is 12.0. The summed E-state index contributed by atoms with van der Waals surface area (Å²) in [5, 5.41) is 2.54. The van der Waals surface area contributed by atoms with Crippen molar-refractivity contribution in [3.8, 4) is 0 Å². The fourth-order valence-corrected chi connectivity index (χ4v) is 3.62. The Morgan fingerprint density at radius 2 is 2.04 bits per heavy atom. The molecule has 0 spiro atoms. The Labute approximate surface area is 155 Å². The molecule has 1 aliphatic heterocycles. The van der Waals surface area contributed by atoms with Crippen molar-refractivity contribution in [3.63, 3.8) is 0 Å². The molecule has 27 heavy (non-hydrogen) atoms. The summed E-state index contributed by atoms with van der Waals surface area (Å²) in [6.07, 6.45) is 1.48. The van der Waals surface area contributed by atoms with E-state index in [-0.39, 0.29) is 17.3 Å². The van der Waals surface area contributed by atoms with Gasteiger partial charge in [-0.3, -0.25) is 14.5 Å². The van der Waals surface area contributed by atoms with Crippen LogP contribution in [0.25, 0.3) is 0 Å². The van der Waals surface area contributed by atoms with Crippen molar-refractivity contribution >= 4 is 27.7 Å². The number of hydrogen-bond donors (Lipinski definition) is 2. The number of hydrogen-bond acceptors (Lipinski definition) is 7. The third-order valence-electron chi connectivity index (χ3n) is 3.71. The van der Waals surface area contributed by atoms with Gasteiger partial charge < -0.3 is 14.5 Å². The minimum Gasteiger partial charge on any atom is -0.467 e. The molecular weight excluding hydrogens is 374 g/mol. The molecule has 3 rings (SSSR count). The summed E-state index contributed by atoms with van der Waals surface area (Å²) in [7, 11) is -3.69. The van der Waals surface area contributed by atoms with E-state index in [1.165, 1.54) is 19.3 Å². The highest BCUT2D eigenvalue weighted by molar-refractivity contribution is 7.90. The lowest BCUT2D eigenvalue weighted by molar-refractivity contribution is -0.149. The summed E-state index contributed by atoms with van der Waals surface area (Å²) in [4.78, 5) is 27.9. The van der Waals surface area contributed by atoms with E-state index in [9.17, 15) is 18.0 Å². The molecule has 142 valence electrons. The van der Waals surface area contributed by atoms with E-state index >= 15 is 0 Å². The van der Waals surface area contributed by atoms with Gasteiger partial charge in [0.1, 0.15) is 17.6 Å². The number of ether oxygens (including phenoxy) is 1. The molecule has 0 radical (unpaired) electrons. The Kier molecular flexibility index (Phi) is 5.26. The van der Waals surface area contributed by atoms with Crippen LogP contribution in [0.1, 0.15) is 18.2 Å². The number of fused-ring (bicyclic) bond motifs is 1. The van der Waals surface area contributed by atoms with E-state index < -0.39 is 34.5 Å². The third kappa shape index (κ3) is 4.34. The molecular formula is C17H17N3O6S. The Morgan fingerprint density at radius 1 is 1.26 bits per heavy atom. The van der Waals surface area contributed by atoms with Gasteiger partial charge in [0.25, 0.3) is 15.9 Å². The van der Waals surface area contributed by atoms with Crippen LogP contribution in [0.3, 0.4) is 0 Å². The molecule has 2 heterocycles. The first kappa shape index (κ1) is 18.6. The molecule has 0 saturated carbocycles. The van der Waals surface area contributed by atoms with Crippen molar-refractivity contribution in [3.05, 3.63) is 54.0 Å². The van der Waals surface area contributed by atoms with Crippen LogP contribution in [0, 0.1) is 0 Å². The number of amidine groups is 1. The number of nitrogens with one attached hydrogen (secondary N) is 2. The van der Waals surface area contributed by atoms with E-state index in [0.717, 1.165) is 0 Å². The van der Waals surface area contributed by atoms with Crippen molar-refractivity contribution in [2.75, 3.05) is 6.61 Å². The number of carbonyl (C=O) groups is 2. The number of rotatable bonds is 6. The zero-order valence-electron chi connectivity index (χ0n) is 14.3. The quantitative estimate of drug-likeness (QED) is 0.693. The Balaban J connectivity index is 1.56. The average molecular weight is 391 g/mol. The van der Waals surface area contributed by atoms with Crippen LogP contribution < -0.4 is 10.0 Å². The van der Waals surface area contributed by atoms with Gasteiger partial charge in [-0.2, -0.15) is 0 Å². The number of nitrogens with zero attached hydrogens (tertiary/aromatic N) is 1. The highest BCUT2D eigenvalue weighted by Crippen LogP contribution is 2.22. The van der Waals surface area contributed by atoms with Crippen molar-refractivity contribution in [1.29, 1.82) is 0 Å². The normalized spacial score (nSPS) is 17.0. The highest BCUT2D eigenvalue weighted by atomic mass is 32.2. The largest absolute Gasteiger partial charge is 0.467 e. The number of benzene rings is 1. The molecule has 1 amide bonds. The van der Waals surface area contributed by atoms with Crippen molar-refractivity contribution in [1.82, 2.24) is 10.0 Å². The minimum absolute atomic E-state index is 0.0670. The summed E-state index contributed by atoms with van der Waals surface area (Å²) in [6.45, 7) is 1.15. The summed E-state index contributed by atoms with van der Waals surface area (Å²) in [5.74, 6) is -0.607. The molecule has 0 unspecified atom stereocenters. The lowest BCUT2D eigenvalue weighted by Crippen LogP contribution is -2.31.